The van der Waals surface area contributed by atoms with Crippen molar-refractivity contribution in [2.24, 2.45) is 0 Å². The van der Waals surface area contributed by atoms with Crippen LogP contribution in [0.4, 0.5) is 5.82 Å². The molecule has 7 heteroatoms. The number of ether oxygens (including phenoxy) is 1. The van der Waals surface area contributed by atoms with Crippen molar-refractivity contribution in [2.45, 2.75) is 39.3 Å². The Balaban J connectivity index is 1.59. The standard InChI is InChI=1S/C24H26N4O3/c1-3-31-21-7-5-4-6-18(21)15-26-22-24(30)28(13-12-25-22)20-14-17(9-8-16(20)2)23(29)27-19-10-11-19/h4-9,12-14,19H,3,10-11,15H2,1-2H3,(H,25,26)(H,27,29). The molecule has 0 bridgehead atoms. The van der Waals surface area contributed by atoms with Crippen LogP contribution >= 0.6 is 0 Å². The number of benzene rings is 2. The highest BCUT2D eigenvalue weighted by molar-refractivity contribution is 5.95. The molecule has 3 aromatic rings. The van der Waals surface area contributed by atoms with Gasteiger partial charge >= 0.3 is 0 Å². The highest BCUT2D eigenvalue weighted by Gasteiger charge is 2.24. The first-order chi connectivity index (χ1) is 15.1. The summed E-state index contributed by atoms with van der Waals surface area (Å²) in [5.41, 5.74) is 2.75. The summed E-state index contributed by atoms with van der Waals surface area (Å²) in [7, 11) is 0. The molecule has 0 atom stereocenters. The number of aromatic nitrogens is 2. The maximum absolute atomic E-state index is 13.1. The number of carbonyl (C=O) groups is 1. The van der Waals surface area contributed by atoms with Gasteiger partial charge in [-0.3, -0.25) is 14.2 Å². The zero-order valence-corrected chi connectivity index (χ0v) is 17.7. The van der Waals surface area contributed by atoms with Crippen LogP contribution in [0.25, 0.3) is 5.69 Å². The summed E-state index contributed by atoms with van der Waals surface area (Å²) in [6.07, 6.45) is 5.24. The second kappa shape index (κ2) is 9.04. The second-order valence-electron chi connectivity index (χ2n) is 7.59. The van der Waals surface area contributed by atoms with Crippen LogP contribution in [0.2, 0.25) is 0 Å². The summed E-state index contributed by atoms with van der Waals surface area (Å²) in [6, 6.07) is 13.4. The molecule has 1 saturated carbocycles. The van der Waals surface area contributed by atoms with Crippen molar-refractivity contribution in [3.05, 3.63) is 81.9 Å². The molecule has 31 heavy (non-hydrogen) atoms. The molecule has 0 unspecified atom stereocenters. The van der Waals surface area contributed by atoms with Gasteiger partial charge in [0, 0.05) is 36.1 Å². The number of aryl methyl sites for hydroxylation is 1. The highest BCUT2D eigenvalue weighted by atomic mass is 16.5. The lowest BCUT2D eigenvalue weighted by molar-refractivity contribution is 0.0951. The van der Waals surface area contributed by atoms with Crippen molar-refractivity contribution < 1.29 is 9.53 Å². The first kappa shape index (κ1) is 20.7. The van der Waals surface area contributed by atoms with Crippen molar-refractivity contribution in [3.63, 3.8) is 0 Å². The molecule has 1 aliphatic rings. The lowest BCUT2D eigenvalue weighted by Gasteiger charge is -2.14. The zero-order chi connectivity index (χ0) is 21.8. The van der Waals surface area contributed by atoms with Crippen LogP contribution < -0.4 is 20.9 Å². The summed E-state index contributed by atoms with van der Waals surface area (Å²) >= 11 is 0. The van der Waals surface area contributed by atoms with Crippen molar-refractivity contribution in [2.75, 3.05) is 11.9 Å². The van der Waals surface area contributed by atoms with Gasteiger partial charge in [-0.15, -0.1) is 0 Å². The third kappa shape index (κ3) is 4.77. The molecule has 7 nitrogen and oxygen atoms in total. The minimum absolute atomic E-state index is 0.114. The summed E-state index contributed by atoms with van der Waals surface area (Å²) in [4.78, 5) is 29.8. The molecule has 2 N–H and O–H groups in total. The van der Waals surface area contributed by atoms with E-state index in [0.29, 0.717) is 24.4 Å². The molecule has 160 valence electrons. The average molecular weight is 418 g/mol. The lowest BCUT2D eigenvalue weighted by atomic mass is 10.1. The summed E-state index contributed by atoms with van der Waals surface area (Å²) in [6.45, 7) is 4.82. The first-order valence-electron chi connectivity index (χ1n) is 10.5. The SMILES string of the molecule is CCOc1ccccc1CNc1nccn(-c2cc(C(=O)NC3CC3)ccc2C)c1=O. The fourth-order valence-electron chi connectivity index (χ4n) is 3.35. The Morgan fingerprint density at radius 3 is 2.81 bits per heavy atom. The van der Waals surface area contributed by atoms with E-state index < -0.39 is 0 Å². The minimum atomic E-state index is -0.278. The predicted octanol–water partition coefficient (Wildman–Crippen LogP) is 3.44. The Morgan fingerprint density at radius 1 is 1.23 bits per heavy atom. The summed E-state index contributed by atoms with van der Waals surface area (Å²) < 4.78 is 7.17. The summed E-state index contributed by atoms with van der Waals surface area (Å²) in [5, 5.41) is 6.11. The molecule has 1 aromatic heterocycles. The molecule has 1 amide bonds. The summed E-state index contributed by atoms with van der Waals surface area (Å²) in [5.74, 6) is 0.900. The van der Waals surface area contributed by atoms with Crippen LogP contribution in [-0.4, -0.2) is 28.1 Å². The van der Waals surface area contributed by atoms with E-state index in [1.54, 1.807) is 24.5 Å². The minimum Gasteiger partial charge on any atom is -0.494 e. The molecule has 1 aliphatic carbocycles. The number of nitrogens with one attached hydrogen (secondary N) is 2. The van der Waals surface area contributed by atoms with E-state index in [1.165, 1.54) is 4.57 Å². The van der Waals surface area contributed by atoms with Crippen LogP contribution in [0.3, 0.4) is 0 Å². The van der Waals surface area contributed by atoms with Gasteiger partial charge in [0.05, 0.1) is 12.3 Å². The van der Waals surface area contributed by atoms with Crippen LogP contribution in [0.5, 0.6) is 5.75 Å². The third-order valence-corrected chi connectivity index (χ3v) is 5.20. The van der Waals surface area contributed by atoms with E-state index in [1.807, 2.05) is 44.2 Å². The van der Waals surface area contributed by atoms with Gasteiger partial charge in [0.25, 0.3) is 11.5 Å². The zero-order valence-electron chi connectivity index (χ0n) is 17.7. The van der Waals surface area contributed by atoms with Gasteiger partial charge in [-0.2, -0.15) is 0 Å². The van der Waals surface area contributed by atoms with Gasteiger partial charge in [0.2, 0.25) is 0 Å². The number of rotatable bonds is 8. The van der Waals surface area contributed by atoms with Crippen LogP contribution in [0.1, 0.15) is 41.3 Å². The van der Waals surface area contributed by atoms with E-state index in [4.69, 9.17) is 4.74 Å². The normalized spacial score (nSPS) is 13.0. The smallest absolute Gasteiger partial charge is 0.297 e. The molecule has 0 saturated heterocycles. The van der Waals surface area contributed by atoms with Gasteiger partial charge < -0.3 is 15.4 Å². The number of hydrogen-bond donors (Lipinski definition) is 2. The molecular weight excluding hydrogens is 392 g/mol. The van der Waals surface area contributed by atoms with Crippen LogP contribution in [-0.2, 0) is 6.54 Å². The molecule has 0 radical (unpaired) electrons. The van der Waals surface area contributed by atoms with Crippen molar-refractivity contribution in [3.8, 4) is 11.4 Å². The lowest BCUT2D eigenvalue weighted by Crippen LogP contribution is -2.26. The van der Waals surface area contributed by atoms with E-state index in [9.17, 15) is 9.59 Å². The Hall–Kier alpha value is -3.61. The quantitative estimate of drug-likeness (QED) is 0.585. The average Bonchev–Trinajstić information content (AvgIpc) is 3.59. The van der Waals surface area contributed by atoms with E-state index in [0.717, 1.165) is 29.7 Å². The number of carbonyl (C=O) groups excluding carboxylic acids is 1. The maximum atomic E-state index is 13.1. The van der Waals surface area contributed by atoms with Crippen molar-refractivity contribution in [1.82, 2.24) is 14.9 Å². The van der Waals surface area contributed by atoms with E-state index in [-0.39, 0.29) is 23.3 Å². The van der Waals surface area contributed by atoms with E-state index >= 15 is 0 Å². The fraction of sp³-hybridized carbons (Fsp3) is 0.292. The molecule has 1 fully saturated rings. The number of para-hydroxylation sites is 1. The molecular formula is C24H26N4O3. The van der Waals surface area contributed by atoms with Gasteiger partial charge in [-0.25, -0.2) is 4.98 Å². The Kier molecular flexibility index (Phi) is 6.02. The molecule has 0 spiro atoms. The van der Waals surface area contributed by atoms with Gasteiger partial charge in [0.1, 0.15) is 5.75 Å². The highest BCUT2D eigenvalue weighted by Crippen LogP contribution is 2.21. The Bertz CT molecular complexity index is 1150. The second-order valence-corrected chi connectivity index (χ2v) is 7.59. The molecule has 4 rings (SSSR count). The van der Waals surface area contributed by atoms with Gasteiger partial charge in [0.15, 0.2) is 5.82 Å². The monoisotopic (exact) mass is 418 g/mol. The van der Waals surface area contributed by atoms with Crippen LogP contribution in [0.15, 0.2) is 59.7 Å². The van der Waals surface area contributed by atoms with E-state index in [2.05, 4.69) is 15.6 Å². The van der Waals surface area contributed by atoms with Gasteiger partial charge in [-0.1, -0.05) is 24.3 Å². The first-order valence-corrected chi connectivity index (χ1v) is 10.5. The Morgan fingerprint density at radius 2 is 2.03 bits per heavy atom. The predicted molar refractivity (Wildman–Crippen MR) is 120 cm³/mol. The largest absolute Gasteiger partial charge is 0.494 e. The van der Waals surface area contributed by atoms with Crippen LogP contribution in [0, 0.1) is 6.92 Å². The van der Waals surface area contributed by atoms with Gasteiger partial charge in [-0.05, 0) is 50.5 Å². The number of anilines is 1. The molecule has 2 aromatic carbocycles. The Labute approximate surface area is 181 Å². The molecule has 0 aliphatic heterocycles. The molecule has 1 heterocycles. The van der Waals surface area contributed by atoms with Crippen molar-refractivity contribution >= 4 is 11.7 Å². The number of nitrogens with zero attached hydrogens (tertiary/aromatic N) is 2. The fourth-order valence-corrected chi connectivity index (χ4v) is 3.35. The third-order valence-electron chi connectivity index (χ3n) is 5.20. The number of amides is 1. The number of hydrogen-bond acceptors (Lipinski definition) is 5. The van der Waals surface area contributed by atoms with Crippen molar-refractivity contribution in [1.29, 1.82) is 0 Å². The maximum Gasteiger partial charge on any atom is 0.297 e. The topological polar surface area (TPSA) is 85.2 Å².